The SMILES string of the molecule is C#C[C@@]1(O)CCC2C3CCC4=C/C(=N\OCC(=O)N5CCCC5C(=O)OC)CC[C@]4(C)C3CC[C@@]21C. The molecule has 7 heteroatoms. The number of hydrogen-bond donors (Lipinski definition) is 1. The van der Waals surface area contributed by atoms with E-state index in [0.29, 0.717) is 30.7 Å². The summed E-state index contributed by atoms with van der Waals surface area (Å²) in [4.78, 5) is 31.6. The summed E-state index contributed by atoms with van der Waals surface area (Å²) in [5.74, 6) is 3.86. The number of allylic oxidation sites excluding steroid dienone is 2. The smallest absolute Gasteiger partial charge is 0.328 e. The number of aliphatic hydroxyl groups is 1. The number of esters is 1. The van der Waals surface area contributed by atoms with Gasteiger partial charge >= 0.3 is 5.97 Å². The molecule has 196 valence electrons. The van der Waals surface area contributed by atoms with Crippen LogP contribution in [0.3, 0.4) is 0 Å². The topological polar surface area (TPSA) is 88.4 Å². The average molecular weight is 497 g/mol. The lowest BCUT2D eigenvalue weighted by molar-refractivity contribution is -0.152. The van der Waals surface area contributed by atoms with Crippen LogP contribution >= 0.6 is 0 Å². The molecule has 7 nitrogen and oxygen atoms in total. The van der Waals surface area contributed by atoms with Crippen molar-refractivity contribution >= 4 is 17.6 Å². The van der Waals surface area contributed by atoms with Gasteiger partial charge in [0.1, 0.15) is 11.6 Å². The first-order valence-electron chi connectivity index (χ1n) is 13.6. The third-order valence-electron chi connectivity index (χ3n) is 10.8. The molecule has 1 amide bonds. The number of amides is 1. The van der Waals surface area contributed by atoms with E-state index in [1.54, 1.807) is 4.90 Å². The largest absolute Gasteiger partial charge is 0.467 e. The lowest BCUT2D eigenvalue weighted by Crippen LogP contribution is -2.54. The van der Waals surface area contributed by atoms with E-state index in [1.807, 2.05) is 0 Å². The Balaban J connectivity index is 1.24. The minimum absolute atomic E-state index is 0.138. The van der Waals surface area contributed by atoms with Crippen LogP contribution in [-0.2, 0) is 19.2 Å². The van der Waals surface area contributed by atoms with E-state index in [1.165, 1.54) is 12.7 Å². The van der Waals surface area contributed by atoms with Crippen molar-refractivity contribution in [1.29, 1.82) is 0 Å². The van der Waals surface area contributed by atoms with E-state index < -0.39 is 11.6 Å². The minimum Gasteiger partial charge on any atom is -0.467 e. The Labute approximate surface area is 214 Å². The predicted molar refractivity (Wildman–Crippen MR) is 136 cm³/mol. The van der Waals surface area contributed by atoms with Crippen molar-refractivity contribution in [2.24, 2.45) is 33.7 Å². The third-order valence-corrected chi connectivity index (χ3v) is 10.8. The third kappa shape index (κ3) is 3.79. The van der Waals surface area contributed by atoms with E-state index >= 15 is 0 Å². The number of likely N-dealkylation sites (tertiary alicyclic amines) is 1. The molecule has 0 radical (unpaired) electrons. The Kier molecular flexibility index (Phi) is 6.47. The number of carbonyl (C=O) groups excluding carboxylic acids is 2. The highest BCUT2D eigenvalue weighted by Crippen LogP contribution is 2.67. The Bertz CT molecular complexity index is 1030. The lowest BCUT2D eigenvalue weighted by atomic mass is 9.46. The van der Waals surface area contributed by atoms with Crippen LogP contribution in [0.1, 0.15) is 78.1 Å². The number of nitrogens with zero attached hydrogens (tertiary/aromatic N) is 2. The normalized spacial score (nSPS) is 42.6. The van der Waals surface area contributed by atoms with Crippen LogP contribution in [0.15, 0.2) is 16.8 Å². The average Bonchev–Trinajstić information content (AvgIpc) is 3.47. The fourth-order valence-electron chi connectivity index (χ4n) is 8.60. The van der Waals surface area contributed by atoms with Gasteiger partial charge in [-0.1, -0.05) is 30.5 Å². The molecule has 5 aliphatic rings. The molecule has 36 heavy (non-hydrogen) atoms. The molecule has 4 aliphatic carbocycles. The molecule has 4 fully saturated rings. The van der Waals surface area contributed by atoms with Gasteiger partial charge in [-0.05, 0) is 93.5 Å². The fourth-order valence-corrected chi connectivity index (χ4v) is 8.60. The second-order valence-electron chi connectivity index (χ2n) is 12.1. The van der Waals surface area contributed by atoms with Gasteiger partial charge in [-0.2, -0.15) is 0 Å². The van der Waals surface area contributed by atoms with Crippen LogP contribution in [0.2, 0.25) is 0 Å². The fraction of sp³-hybridized carbons (Fsp3) is 0.759. The highest BCUT2D eigenvalue weighted by Gasteiger charge is 2.63. The van der Waals surface area contributed by atoms with Gasteiger partial charge in [-0.3, -0.25) is 4.79 Å². The van der Waals surface area contributed by atoms with Crippen molar-refractivity contribution in [3.63, 3.8) is 0 Å². The Morgan fingerprint density at radius 2 is 1.94 bits per heavy atom. The molecule has 0 aromatic heterocycles. The van der Waals surface area contributed by atoms with Gasteiger partial charge in [0.15, 0.2) is 6.61 Å². The number of terminal acetylenes is 1. The Hall–Kier alpha value is -2.33. The summed E-state index contributed by atoms with van der Waals surface area (Å²) in [6.07, 6.45) is 17.3. The van der Waals surface area contributed by atoms with Crippen molar-refractivity contribution in [3.8, 4) is 12.3 Å². The molecule has 0 aromatic rings. The number of ether oxygens (including phenoxy) is 1. The molecule has 0 spiro atoms. The molecule has 0 aromatic carbocycles. The number of hydrogen-bond acceptors (Lipinski definition) is 6. The van der Waals surface area contributed by atoms with Gasteiger partial charge in [-0.15, -0.1) is 6.42 Å². The molecule has 5 rings (SSSR count). The quantitative estimate of drug-likeness (QED) is 0.363. The molecule has 7 atom stereocenters. The zero-order valence-corrected chi connectivity index (χ0v) is 21.9. The van der Waals surface area contributed by atoms with Crippen molar-refractivity contribution in [2.45, 2.75) is 89.7 Å². The monoisotopic (exact) mass is 496 g/mol. The van der Waals surface area contributed by atoms with Crippen molar-refractivity contribution in [2.75, 3.05) is 20.3 Å². The maximum absolute atomic E-state index is 12.6. The zero-order valence-electron chi connectivity index (χ0n) is 21.9. The van der Waals surface area contributed by atoms with Crippen LogP contribution in [-0.4, -0.2) is 59.5 Å². The predicted octanol–water partition coefficient (Wildman–Crippen LogP) is 3.85. The molecule has 1 aliphatic heterocycles. The minimum atomic E-state index is -0.966. The van der Waals surface area contributed by atoms with E-state index in [4.69, 9.17) is 16.0 Å². The van der Waals surface area contributed by atoms with Crippen molar-refractivity contribution in [1.82, 2.24) is 4.90 Å². The van der Waals surface area contributed by atoms with E-state index in [2.05, 4.69) is 31.0 Å². The van der Waals surface area contributed by atoms with Crippen molar-refractivity contribution in [3.05, 3.63) is 11.6 Å². The van der Waals surface area contributed by atoms with Gasteiger partial charge in [-0.25, -0.2) is 4.79 Å². The number of carbonyl (C=O) groups is 2. The maximum Gasteiger partial charge on any atom is 0.328 e. The standard InChI is InChI=1S/C29H40N2O5/c1-5-29(34)15-12-23-21-9-8-19-17-20(10-13-27(19,2)22(21)11-14-28(23,29)3)30-36-18-25(32)31-16-6-7-24(31)26(33)35-4/h1,17,21-24,34H,6-16,18H2,2-4H3/b30-20-/t21?,22?,23?,24?,27-,28-,29+/m0/s1. The first-order valence-corrected chi connectivity index (χ1v) is 13.6. The van der Waals surface area contributed by atoms with Gasteiger partial charge < -0.3 is 19.6 Å². The summed E-state index contributed by atoms with van der Waals surface area (Å²) in [7, 11) is 1.35. The number of oxime groups is 1. The second kappa shape index (κ2) is 9.20. The molecule has 3 saturated carbocycles. The molecule has 1 N–H and O–H groups in total. The summed E-state index contributed by atoms with van der Waals surface area (Å²) in [6.45, 7) is 5.03. The molecular formula is C29H40N2O5. The molecule has 1 saturated heterocycles. The summed E-state index contributed by atoms with van der Waals surface area (Å²) >= 11 is 0. The van der Waals surface area contributed by atoms with Crippen LogP contribution < -0.4 is 0 Å². The van der Waals surface area contributed by atoms with E-state index in [-0.39, 0.29) is 29.3 Å². The summed E-state index contributed by atoms with van der Waals surface area (Å²) in [5.41, 5.74) is 1.33. The number of fused-ring (bicyclic) bond motifs is 5. The summed E-state index contributed by atoms with van der Waals surface area (Å²) in [6, 6.07) is -0.514. The highest BCUT2D eigenvalue weighted by molar-refractivity contribution is 5.96. The first-order chi connectivity index (χ1) is 17.2. The van der Waals surface area contributed by atoms with Gasteiger partial charge in [0, 0.05) is 12.0 Å². The van der Waals surface area contributed by atoms with Crippen LogP contribution in [0.25, 0.3) is 0 Å². The van der Waals surface area contributed by atoms with Crippen molar-refractivity contribution < 1.29 is 24.3 Å². The van der Waals surface area contributed by atoms with Gasteiger partial charge in [0.25, 0.3) is 5.91 Å². The lowest BCUT2D eigenvalue weighted by Gasteiger charge is -2.58. The Morgan fingerprint density at radius 3 is 2.69 bits per heavy atom. The Morgan fingerprint density at radius 1 is 1.17 bits per heavy atom. The van der Waals surface area contributed by atoms with E-state index in [0.717, 1.165) is 63.5 Å². The van der Waals surface area contributed by atoms with Gasteiger partial charge in [0.2, 0.25) is 0 Å². The highest BCUT2D eigenvalue weighted by atomic mass is 16.6. The summed E-state index contributed by atoms with van der Waals surface area (Å²) < 4.78 is 4.83. The maximum atomic E-state index is 12.6. The summed E-state index contributed by atoms with van der Waals surface area (Å²) in [5, 5.41) is 15.5. The first kappa shape index (κ1) is 25.3. The molecular weight excluding hydrogens is 456 g/mol. The zero-order chi connectivity index (χ0) is 25.7. The number of rotatable bonds is 4. The van der Waals surface area contributed by atoms with Crippen LogP contribution in [0.5, 0.6) is 0 Å². The van der Waals surface area contributed by atoms with Crippen LogP contribution in [0, 0.1) is 40.9 Å². The van der Waals surface area contributed by atoms with E-state index in [9.17, 15) is 14.7 Å². The molecule has 0 bridgehead atoms. The molecule has 1 heterocycles. The van der Waals surface area contributed by atoms with Gasteiger partial charge in [0.05, 0.1) is 12.8 Å². The number of methoxy groups -OCH3 is 1. The van der Waals surface area contributed by atoms with Crippen LogP contribution in [0.4, 0.5) is 0 Å². The molecule has 4 unspecified atom stereocenters. The second-order valence-corrected chi connectivity index (χ2v) is 12.1.